The van der Waals surface area contributed by atoms with Crippen LogP contribution in [0.5, 0.6) is 5.75 Å². The third-order valence-electron chi connectivity index (χ3n) is 5.16. The minimum atomic E-state index is 0. The molecule has 1 aliphatic carbocycles. The van der Waals surface area contributed by atoms with Crippen molar-refractivity contribution in [2.24, 2.45) is 4.99 Å². The molecule has 4 nitrogen and oxygen atoms in total. The Balaban J connectivity index is 0.00000225. The fourth-order valence-electron chi connectivity index (χ4n) is 3.38. The molecular formula is C20H32IN3O. The van der Waals surface area contributed by atoms with E-state index in [1.54, 1.807) is 0 Å². The summed E-state index contributed by atoms with van der Waals surface area (Å²) >= 11 is 0. The smallest absolute Gasteiger partial charge is 0.192 e. The lowest BCUT2D eigenvalue weighted by Crippen LogP contribution is -2.53. The van der Waals surface area contributed by atoms with Crippen LogP contribution in [0.4, 0.5) is 0 Å². The van der Waals surface area contributed by atoms with Gasteiger partial charge in [-0.3, -0.25) is 4.99 Å². The average molecular weight is 457 g/mol. The minimum Gasteiger partial charge on any atom is -0.493 e. The molecule has 0 radical (unpaired) electrons. The van der Waals surface area contributed by atoms with Crippen molar-refractivity contribution in [3.05, 3.63) is 29.3 Å². The molecular weight excluding hydrogens is 425 g/mol. The summed E-state index contributed by atoms with van der Waals surface area (Å²) in [6.45, 7) is 6.83. The number of aliphatic imine (C=N–C) groups is 1. The van der Waals surface area contributed by atoms with Crippen LogP contribution in [0.2, 0.25) is 0 Å². The first kappa shape index (κ1) is 20.3. The van der Waals surface area contributed by atoms with Crippen molar-refractivity contribution in [3.63, 3.8) is 0 Å². The van der Waals surface area contributed by atoms with Crippen molar-refractivity contribution in [1.29, 1.82) is 0 Å². The zero-order chi connectivity index (χ0) is 16.8. The summed E-state index contributed by atoms with van der Waals surface area (Å²) in [7, 11) is 0. The van der Waals surface area contributed by atoms with Gasteiger partial charge >= 0.3 is 0 Å². The Labute approximate surface area is 169 Å². The normalized spacial score (nSPS) is 17.3. The molecule has 0 bridgehead atoms. The third kappa shape index (κ3) is 5.50. The van der Waals surface area contributed by atoms with E-state index < -0.39 is 0 Å². The van der Waals surface area contributed by atoms with Crippen molar-refractivity contribution in [2.45, 2.75) is 70.9 Å². The van der Waals surface area contributed by atoms with Crippen molar-refractivity contribution in [1.82, 2.24) is 10.6 Å². The second kappa shape index (κ2) is 9.64. The maximum atomic E-state index is 6.05. The second-order valence-corrected chi connectivity index (χ2v) is 7.30. The number of guanidine groups is 1. The zero-order valence-electron chi connectivity index (χ0n) is 15.6. The van der Waals surface area contributed by atoms with Gasteiger partial charge in [0, 0.05) is 12.1 Å². The first-order valence-corrected chi connectivity index (χ1v) is 9.50. The highest BCUT2D eigenvalue weighted by atomic mass is 127. The number of hydrogen-bond donors (Lipinski definition) is 2. The molecule has 1 aliphatic heterocycles. The van der Waals surface area contributed by atoms with E-state index in [4.69, 9.17) is 4.74 Å². The molecule has 1 heterocycles. The van der Waals surface area contributed by atoms with Crippen molar-refractivity contribution in [3.8, 4) is 5.75 Å². The van der Waals surface area contributed by atoms with Crippen LogP contribution < -0.4 is 15.4 Å². The number of nitrogens with zero attached hydrogens (tertiary/aromatic N) is 1. The van der Waals surface area contributed by atoms with Crippen LogP contribution in [0.3, 0.4) is 0 Å². The molecule has 0 aromatic heterocycles. The van der Waals surface area contributed by atoms with Gasteiger partial charge in [-0.15, -0.1) is 24.0 Å². The van der Waals surface area contributed by atoms with Gasteiger partial charge in [-0.2, -0.15) is 0 Å². The molecule has 0 amide bonds. The van der Waals surface area contributed by atoms with Gasteiger partial charge in [-0.25, -0.2) is 0 Å². The third-order valence-corrected chi connectivity index (χ3v) is 5.16. The maximum absolute atomic E-state index is 6.05. The van der Waals surface area contributed by atoms with E-state index in [2.05, 4.69) is 47.7 Å². The highest BCUT2D eigenvalue weighted by Gasteiger charge is 2.40. The molecule has 0 atom stereocenters. The SMILES string of the molecule is CCCCCCOc1cc(C)ccc1CNC1=NCC2(CCC2)N1.I. The topological polar surface area (TPSA) is 45.6 Å². The van der Waals surface area contributed by atoms with Gasteiger partial charge in [-0.05, 0) is 44.2 Å². The van der Waals surface area contributed by atoms with Gasteiger partial charge in [0.05, 0.1) is 18.7 Å². The Morgan fingerprint density at radius 1 is 1.24 bits per heavy atom. The van der Waals surface area contributed by atoms with Crippen LogP contribution in [0.25, 0.3) is 0 Å². The molecule has 0 saturated heterocycles. The van der Waals surface area contributed by atoms with Gasteiger partial charge < -0.3 is 15.4 Å². The monoisotopic (exact) mass is 457 g/mol. The number of benzene rings is 1. The molecule has 1 aromatic rings. The van der Waals surface area contributed by atoms with E-state index in [0.717, 1.165) is 37.8 Å². The molecule has 1 aromatic carbocycles. The number of aryl methyl sites for hydroxylation is 1. The molecule has 25 heavy (non-hydrogen) atoms. The van der Waals surface area contributed by atoms with Gasteiger partial charge in [0.25, 0.3) is 0 Å². The van der Waals surface area contributed by atoms with Gasteiger partial charge in [0.1, 0.15) is 5.75 Å². The van der Waals surface area contributed by atoms with E-state index in [-0.39, 0.29) is 29.5 Å². The molecule has 1 fully saturated rings. The predicted molar refractivity (Wildman–Crippen MR) is 115 cm³/mol. The van der Waals surface area contributed by atoms with Crippen LogP contribution >= 0.6 is 24.0 Å². The summed E-state index contributed by atoms with van der Waals surface area (Å²) in [6.07, 6.45) is 8.75. The van der Waals surface area contributed by atoms with E-state index in [9.17, 15) is 0 Å². The highest BCUT2D eigenvalue weighted by molar-refractivity contribution is 14.0. The van der Waals surface area contributed by atoms with Crippen molar-refractivity contribution < 1.29 is 4.74 Å². The lowest BCUT2D eigenvalue weighted by atomic mass is 9.77. The van der Waals surface area contributed by atoms with Gasteiger partial charge in [0.15, 0.2) is 5.96 Å². The van der Waals surface area contributed by atoms with Crippen molar-refractivity contribution >= 4 is 29.9 Å². The number of halogens is 1. The van der Waals surface area contributed by atoms with Crippen LogP contribution in [0.15, 0.2) is 23.2 Å². The molecule has 2 aliphatic rings. The minimum absolute atomic E-state index is 0. The Bertz CT molecular complexity index is 584. The summed E-state index contributed by atoms with van der Waals surface area (Å²) < 4.78 is 6.05. The highest BCUT2D eigenvalue weighted by Crippen LogP contribution is 2.34. The van der Waals surface area contributed by atoms with Crippen LogP contribution in [-0.2, 0) is 6.54 Å². The van der Waals surface area contributed by atoms with E-state index in [0.29, 0.717) is 0 Å². The standard InChI is InChI=1S/C20H31N3O.HI/c1-3-4-5-6-12-24-18-13-16(2)8-9-17(18)14-21-19-22-15-20(23-19)10-7-11-20;/h8-9,13H,3-7,10-12,14-15H2,1-2H3,(H2,21,22,23);1H. The first-order valence-electron chi connectivity index (χ1n) is 9.50. The van der Waals surface area contributed by atoms with Gasteiger partial charge in [-0.1, -0.05) is 38.3 Å². The number of ether oxygens (including phenoxy) is 1. The zero-order valence-corrected chi connectivity index (χ0v) is 17.9. The first-order chi connectivity index (χ1) is 11.7. The lowest BCUT2D eigenvalue weighted by Gasteiger charge is -2.38. The van der Waals surface area contributed by atoms with Crippen molar-refractivity contribution in [2.75, 3.05) is 13.2 Å². The summed E-state index contributed by atoms with van der Waals surface area (Å²) in [5.74, 6) is 1.96. The summed E-state index contributed by atoms with van der Waals surface area (Å²) in [5.41, 5.74) is 2.72. The predicted octanol–water partition coefficient (Wildman–Crippen LogP) is 4.54. The summed E-state index contributed by atoms with van der Waals surface area (Å²) in [6, 6.07) is 6.46. The van der Waals surface area contributed by atoms with Gasteiger partial charge in [0.2, 0.25) is 0 Å². The summed E-state index contributed by atoms with van der Waals surface area (Å²) in [4.78, 5) is 4.62. The fraction of sp³-hybridized carbons (Fsp3) is 0.650. The van der Waals surface area contributed by atoms with Crippen LogP contribution in [-0.4, -0.2) is 24.7 Å². The average Bonchev–Trinajstić information content (AvgIpc) is 2.99. The second-order valence-electron chi connectivity index (χ2n) is 7.30. The molecule has 1 saturated carbocycles. The molecule has 5 heteroatoms. The number of rotatable bonds is 8. The molecule has 1 spiro atoms. The Kier molecular flexibility index (Phi) is 7.84. The molecule has 140 valence electrons. The summed E-state index contributed by atoms with van der Waals surface area (Å²) in [5, 5.41) is 7.02. The Morgan fingerprint density at radius 2 is 2.08 bits per heavy atom. The molecule has 3 rings (SSSR count). The lowest BCUT2D eigenvalue weighted by molar-refractivity contribution is 0.241. The van der Waals surface area contributed by atoms with Crippen LogP contribution in [0, 0.1) is 6.92 Å². The van der Waals surface area contributed by atoms with E-state index in [1.165, 1.54) is 49.7 Å². The maximum Gasteiger partial charge on any atom is 0.192 e. The number of hydrogen-bond acceptors (Lipinski definition) is 4. The van der Waals surface area contributed by atoms with Crippen LogP contribution in [0.1, 0.15) is 63.0 Å². The Hall–Kier alpha value is -0.980. The fourth-order valence-corrected chi connectivity index (χ4v) is 3.38. The van der Waals surface area contributed by atoms with E-state index in [1.807, 2.05) is 0 Å². The quantitative estimate of drug-likeness (QED) is 0.445. The number of unbranched alkanes of at least 4 members (excludes halogenated alkanes) is 3. The molecule has 0 unspecified atom stereocenters. The Morgan fingerprint density at radius 3 is 2.76 bits per heavy atom. The van der Waals surface area contributed by atoms with E-state index >= 15 is 0 Å². The largest absolute Gasteiger partial charge is 0.493 e. The molecule has 2 N–H and O–H groups in total. The number of nitrogens with one attached hydrogen (secondary N) is 2.